The number of hydrogen-bond acceptors (Lipinski definition) is 5. The van der Waals surface area contributed by atoms with Gasteiger partial charge in [-0.25, -0.2) is 9.78 Å². The van der Waals surface area contributed by atoms with Gasteiger partial charge in [-0.3, -0.25) is 14.0 Å². The number of fused-ring (bicyclic) bond motifs is 2. The molecular weight excluding hydrogens is 614 g/mol. The van der Waals surface area contributed by atoms with Crippen LogP contribution in [0.2, 0.25) is 5.02 Å². The SMILES string of the molecule is Cc1c(-c2ccn3c(=O)c(CN(C[C@@H]4CCC(=O)N4)C(=O)O)cnc3c2)cccc1-c1cccc(-c2ccc3c(c2)CC(N)C3)c1Cl. The molecule has 0 spiro atoms. The van der Waals surface area contributed by atoms with Gasteiger partial charge in [0.15, 0.2) is 0 Å². The van der Waals surface area contributed by atoms with E-state index in [1.54, 1.807) is 6.20 Å². The third-order valence-electron chi connectivity index (χ3n) is 9.35. The van der Waals surface area contributed by atoms with E-state index in [-0.39, 0.29) is 42.2 Å². The Morgan fingerprint density at radius 2 is 1.72 bits per heavy atom. The average molecular weight is 648 g/mol. The van der Waals surface area contributed by atoms with Gasteiger partial charge in [-0.2, -0.15) is 0 Å². The monoisotopic (exact) mass is 647 g/mol. The summed E-state index contributed by atoms with van der Waals surface area (Å²) in [4.78, 5) is 42.6. The Hall–Kier alpha value is -4.99. The number of nitrogens with one attached hydrogen (secondary N) is 1. The summed E-state index contributed by atoms with van der Waals surface area (Å²) in [6, 6.07) is 22.3. The van der Waals surface area contributed by atoms with Crippen molar-refractivity contribution in [1.29, 1.82) is 0 Å². The topological polar surface area (TPSA) is 130 Å². The van der Waals surface area contributed by atoms with Crippen molar-refractivity contribution < 1.29 is 14.7 Å². The lowest BCUT2D eigenvalue weighted by Gasteiger charge is -2.22. The Balaban J connectivity index is 1.18. The van der Waals surface area contributed by atoms with Crippen LogP contribution in [0.3, 0.4) is 0 Å². The smallest absolute Gasteiger partial charge is 0.407 e. The highest BCUT2D eigenvalue weighted by molar-refractivity contribution is 6.36. The Kier molecular flexibility index (Phi) is 8.03. The second-order valence-corrected chi connectivity index (χ2v) is 12.9. The van der Waals surface area contributed by atoms with E-state index in [0.29, 0.717) is 23.5 Å². The normalized spacial score (nSPS) is 17.1. The third kappa shape index (κ3) is 5.88. The van der Waals surface area contributed by atoms with Crippen molar-refractivity contribution in [2.24, 2.45) is 5.73 Å². The lowest BCUT2D eigenvalue weighted by Crippen LogP contribution is -2.42. The maximum absolute atomic E-state index is 13.4. The molecule has 9 nitrogen and oxygen atoms in total. The number of carbonyl (C=O) groups is 2. The van der Waals surface area contributed by atoms with Gasteiger partial charge in [0.25, 0.3) is 5.56 Å². The van der Waals surface area contributed by atoms with Crippen LogP contribution >= 0.6 is 11.6 Å². The molecule has 1 fully saturated rings. The van der Waals surface area contributed by atoms with Crippen LogP contribution in [0.5, 0.6) is 0 Å². The van der Waals surface area contributed by atoms with Crippen molar-refractivity contribution in [3.8, 4) is 33.4 Å². The molecule has 3 heterocycles. The maximum Gasteiger partial charge on any atom is 0.407 e. The molecule has 47 heavy (non-hydrogen) atoms. The minimum absolute atomic E-state index is 0.0956. The fourth-order valence-corrected chi connectivity index (χ4v) is 7.25. The first-order chi connectivity index (χ1) is 22.7. The van der Waals surface area contributed by atoms with Crippen molar-refractivity contribution in [2.75, 3.05) is 6.54 Å². The van der Waals surface area contributed by atoms with Crippen LogP contribution in [-0.4, -0.2) is 50.0 Å². The number of benzene rings is 3. The predicted molar refractivity (Wildman–Crippen MR) is 182 cm³/mol. The number of nitrogens with two attached hydrogens (primary N) is 1. The lowest BCUT2D eigenvalue weighted by atomic mass is 9.91. The molecule has 1 saturated heterocycles. The molecule has 2 aliphatic rings. The summed E-state index contributed by atoms with van der Waals surface area (Å²) in [5, 5.41) is 13.2. The van der Waals surface area contributed by atoms with E-state index in [1.807, 2.05) is 42.5 Å². The lowest BCUT2D eigenvalue weighted by molar-refractivity contribution is -0.119. The van der Waals surface area contributed by atoms with Crippen molar-refractivity contribution in [2.45, 2.75) is 51.2 Å². The number of rotatable bonds is 7. The number of hydrogen-bond donors (Lipinski definition) is 3. The molecule has 2 amide bonds. The number of amides is 2. The summed E-state index contributed by atoms with van der Waals surface area (Å²) in [5.41, 5.74) is 16.0. The van der Waals surface area contributed by atoms with Gasteiger partial charge in [0, 0.05) is 48.6 Å². The second-order valence-electron chi connectivity index (χ2n) is 12.5. The number of halogens is 1. The highest BCUT2D eigenvalue weighted by atomic mass is 35.5. The van der Waals surface area contributed by atoms with E-state index < -0.39 is 6.09 Å². The first kappa shape index (κ1) is 30.7. The predicted octanol–water partition coefficient (Wildman–Crippen LogP) is 5.84. The molecule has 5 aromatic rings. The van der Waals surface area contributed by atoms with Crippen molar-refractivity contribution in [3.05, 3.63) is 117 Å². The van der Waals surface area contributed by atoms with Crippen LogP contribution in [0.4, 0.5) is 4.79 Å². The van der Waals surface area contributed by atoms with Gasteiger partial charge in [-0.05, 0) is 77.3 Å². The summed E-state index contributed by atoms with van der Waals surface area (Å²) in [5.74, 6) is -0.0956. The van der Waals surface area contributed by atoms with Gasteiger partial charge >= 0.3 is 6.09 Å². The quantitative estimate of drug-likeness (QED) is 0.203. The van der Waals surface area contributed by atoms with Crippen LogP contribution in [-0.2, 0) is 24.2 Å². The van der Waals surface area contributed by atoms with E-state index in [9.17, 15) is 19.5 Å². The number of nitrogens with zero attached hydrogens (tertiary/aromatic N) is 3. The molecule has 3 aromatic carbocycles. The van der Waals surface area contributed by atoms with Crippen molar-refractivity contribution >= 4 is 29.2 Å². The highest BCUT2D eigenvalue weighted by Gasteiger charge is 2.26. The van der Waals surface area contributed by atoms with E-state index >= 15 is 0 Å². The van der Waals surface area contributed by atoms with Crippen LogP contribution in [0, 0.1) is 6.92 Å². The van der Waals surface area contributed by atoms with Gasteiger partial charge in [-0.1, -0.05) is 66.2 Å². The highest BCUT2D eigenvalue weighted by Crippen LogP contribution is 2.40. The van der Waals surface area contributed by atoms with E-state index in [4.69, 9.17) is 17.3 Å². The zero-order valence-corrected chi connectivity index (χ0v) is 26.6. The number of pyridine rings is 1. The number of aromatic nitrogens is 2. The van der Waals surface area contributed by atoms with Gasteiger partial charge in [0.1, 0.15) is 5.65 Å². The van der Waals surface area contributed by atoms with Crippen molar-refractivity contribution in [1.82, 2.24) is 19.6 Å². The van der Waals surface area contributed by atoms with E-state index in [1.165, 1.54) is 21.7 Å². The molecule has 1 aliphatic heterocycles. The molecule has 0 radical (unpaired) electrons. The molecule has 1 aliphatic carbocycles. The fraction of sp³-hybridized carbons (Fsp3) is 0.243. The molecule has 1 unspecified atom stereocenters. The van der Waals surface area contributed by atoms with Crippen molar-refractivity contribution in [3.63, 3.8) is 0 Å². The summed E-state index contributed by atoms with van der Waals surface area (Å²) in [6.45, 7) is 2.04. The zero-order valence-electron chi connectivity index (χ0n) is 25.9. The largest absolute Gasteiger partial charge is 0.465 e. The molecule has 10 heteroatoms. The fourth-order valence-electron chi connectivity index (χ4n) is 6.91. The third-order valence-corrected chi connectivity index (χ3v) is 9.76. The molecule has 0 bridgehead atoms. The van der Waals surface area contributed by atoms with Crippen LogP contribution in [0.25, 0.3) is 39.0 Å². The van der Waals surface area contributed by atoms with Gasteiger partial charge in [0.2, 0.25) is 5.91 Å². The molecule has 2 atom stereocenters. The van der Waals surface area contributed by atoms with E-state index in [2.05, 4.69) is 41.5 Å². The first-order valence-electron chi connectivity index (χ1n) is 15.7. The summed E-state index contributed by atoms with van der Waals surface area (Å²) in [7, 11) is 0. The van der Waals surface area contributed by atoms with Crippen LogP contribution in [0.1, 0.15) is 35.1 Å². The Labute approximate surface area is 276 Å². The van der Waals surface area contributed by atoms with E-state index in [0.717, 1.165) is 56.7 Å². The molecule has 4 N–H and O–H groups in total. The first-order valence-corrected chi connectivity index (χ1v) is 16.1. The number of carboxylic acid groups (broad SMARTS) is 1. The summed E-state index contributed by atoms with van der Waals surface area (Å²) < 4.78 is 1.43. The second kappa shape index (κ2) is 12.3. The zero-order chi connectivity index (χ0) is 32.8. The average Bonchev–Trinajstić information content (AvgIpc) is 3.65. The Morgan fingerprint density at radius 3 is 2.49 bits per heavy atom. The minimum Gasteiger partial charge on any atom is -0.465 e. The molecular formula is C37H34ClN5O4. The standard InChI is InChI=1S/C37H34ClN5O4/c1-21-29(4-2-5-30(21)32-7-3-6-31(35(32)38)23-9-8-22-15-27(39)16-25(22)14-23)24-12-13-43-33(17-24)40-18-26(36(43)45)19-42(37(46)47)20-28-10-11-34(44)41-28/h2-9,12-14,17-18,27-28H,10-11,15-16,19-20,39H2,1H3,(H,41,44)(H,46,47)/t27?,28-/m0/s1. The molecule has 238 valence electrons. The molecule has 2 aromatic heterocycles. The van der Waals surface area contributed by atoms with Crippen LogP contribution in [0.15, 0.2) is 83.9 Å². The Bertz CT molecular complexity index is 2130. The maximum atomic E-state index is 13.4. The van der Waals surface area contributed by atoms with Crippen LogP contribution < -0.4 is 16.6 Å². The summed E-state index contributed by atoms with van der Waals surface area (Å²) >= 11 is 7.12. The van der Waals surface area contributed by atoms with Gasteiger partial charge in [-0.15, -0.1) is 0 Å². The van der Waals surface area contributed by atoms with Gasteiger partial charge < -0.3 is 21.1 Å². The van der Waals surface area contributed by atoms with Gasteiger partial charge in [0.05, 0.1) is 17.1 Å². The molecule has 0 saturated carbocycles. The number of carbonyl (C=O) groups excluding carboxylic acids is 1. The Morgan fingerprint density at radius 1 is 1.00 bits per heavy atom. The summed E-state index contributed by atoms with van der Waals surface area (Å²) in [6.07, 6.45) is 4.65. The molecule has 7 rings (SSSR count). The minimum atomic E-state index is -1.16.